The largest absolute Gasteiger partial charge is 0.504 e. The standard InChI is InChI=1S/C11H9NO4/c13-5-12-11(3-4-11)7-1-2-8-10(9(7)14)16-6-15-8/h1-2,14H,3-4,6H2. The molecular formula is C11H9NO4. The second-order valence-electron chi connectivity index (χ2n) is 3.93. The molecule has 1 aromatic carbocycles. The fraction of sp³-hybridized carbons (Fsp3) is 0.364. The maximum atomic E-state index is 10.3. The Morgan fingerprint density at radius 2 is 2.19 bits per heavy atom. The van der Waals surface area contributed by atoms with E-state index in [1.165, 1.54) is 0 Å². The van der Waals surface area contributed by atoms with E-state index in [0.717, 1.165) is 12.8 Å². The highest BCUT2D eigenvalue weighted by Crippen LogP contribution is 2.56. The van der Waals surface area contributed by atoms with E-state index in [1.54, 1.807) is 18.2 Å². The quantitative estimate of drug-likeness (QED) is 0.603. The summed E-state index contributed by atoms with van der Waals surface area (Å²) in [4.78, 5) is 14.1. The lowest BCUT2D eigenvalue weighted by Gasteiger charge is -2.11. The second-order valence-corrected chi connectivity index (χ2v) is 3.93. The van der Waals surface area contributed by atoms with Gasteiger partial charge in [-0.05, 0) is 25.0 Å². The van der Waals surface area contributed by atoms with Crippen LogP contribution in [0.2, 0.25) is 0 Å². The van der Waals surface area contributed by atoms with E-state index in [1.807, 2.05) is 0 Å². The Hall–Kier alpha value is -2.00. The molecule has 0 atom stereocenters. The Kier molecular flexibility index (Phi) is 1.73. The number of ether oxygens (including phenoxy) is 2. The number of nitrogens with zero attached hydrogens (tertiary/aromatic N) is 1. The van der Waals surface area contributed by atoms with E-state index in [-0.39, 0.29) is 12.5 Å². The lowest BCUT2D eigenvalue weighted by molar-refractivity contribution is 0.171. The number of benzene rings is 1. The number of isocyanates is 1. The molecule has 3 rings (SSSR count). The summed E-state index contributed by atoms with van der Waals surface area (Å²) in [5, 5.41) is 10.0. The Balaban J connectivity index is 2.13. The highest BCUT2D eigenvalue weighted by Gasteiger charge is 2.47. The summed E-state index contributed by atoms with van der Waals surface area (Å²) < 4.78 is 10.3. The monoisotopic (exact) mass is 219 g/mol. The molecule has 0 unspecified atom stereocenters. The van der Waals surface area contributed by atoms with E-state index in [0.29, 0.717) is 17.1 Å². The molecule has 0 radical (unpaired) electrons. The van der Waals surface area contributed by atoms with Crippen molar-refractivity contribution in [2.75, 3.05) is 6.79 Å². The third-order valence-corrected chi connectivity index (χ3v) is 3.00. The Bertz CT molecular complexity index is 501. The summed E-state index contributed by atoms with van der Waals surface area (Å²) in [5.74, 6) is 0.878. The molecule has 0 bridgehead atoms. The van der Waals surface area contributed by atoms with Gasteiger partial charge in [0.25, 0.3) is 0 Å². The van der Waals surface area contributed by atoms with Crippen molar-refractivity contribution in [2.45, 2.75) is 18.4 Å². The number of phenols is 1. The van der Waals surface area contributed by atoms with Crippen molar-refractivity contribution >= 4 is 6.08 Å². The molecule has 2 aliphatic rings. The minimum Gasteiger partial charge on any atom is -0.504 e. The molecule has 1 heterocycles. The normalized spacial score (nSPS) is 19.0. The average molecular weight is 219 g/mol. The third-order valence-electron chi connectivity index (χ3n) is 3.00. The highest BCUT2D eigenvalue weighted by atomic mass is 16.7. The molecule has 0 amide bonds. The van der Waals surface area contributed by atoms with E-state index in [2.05, 4.69) is 4.99 Å². The molecule has 5 nitrogen and oxygen atoms in total. The summed E-state index contributed by atoms with van der Waals surface area (Å²) in [6.45, 7) is 0.107. The molecule has 1 aromatic rings. The number of hydrogen-bond donors (Lipinski definition) is 1. The van der Waals surface area contributed by atoms with Gasteiger partial charge in [-0.15, -0.1) is 0 Å². The van der Waals surface area contributed by atoms with Gasteiger partial charge in [-0.25, -0.2) is 4.79 Å². The van der Waals surface area contributed by atoms with Gasteiger partial charge in [-0.1, -0.05) is 0 Å². The van der Waals surface area contributed by atoms with Gasteiger partial charge in [0.1, 0.15) is 5.54 Å². The maximum absolute atomic E-state index is 10.3. The predicted octanol–water partition coefficient (Wildman–Crippen LogP) is 1.45. The van der Waals surface area contributed by atoms with Crippen molar-refractivity contribution in [1.29, 1.82) is 0 Å². The lowest BCUT2D eigenvalue weighted by Crippen LogP contribution is -2.02. The minimum atomic E-state index is -0.590. The fourth-order valence-electron chi connectivity index (χ4n) is 1.98. The van der Waals surface area contributed by atoms with Crippen molar-refractivity contribution in [3.05, 3.63) is 17.7 Å². The smallest absolute Gasteiger partial charge is 0.235 e. The Labute approximate surface area is 91.3 Å². The first-order valence-corrected chi connectivity index (χ1v) is 4.98. The van der Waals surface area contributed by atoms with Gasteiger partial charge in [-0.2, -0.15) is 4.99 Å². The molecule has 1 aliphatic carbocycles. The van der Waals surface area contributed by atoms with Crippen LogP contribution < -0.4 is 9.47 Å². The summed E-state index contributed by atoms with van der Waals surface area (Å²) >= 11 is 0. The zero-order valence-corrected chi connectivity index (χ0v) is 8.40. The summed E-state index contributed by atoms with van der Waals surface area (Å²) in [6, 6.07) is 3.44. The zero-order valence-electron chi connectivity index (χ0n) is 8.40. The summed E-state index contributed by atoms with van der Waals surface area (Å²) in [7, 11) is 0. The molecule has 1 aliphatic heterocycles. The van der Waals surface area contributed by atoms with Gasteiger partial charge in [0.2, 0.25) is 18.6 Å². The van der Waals surface area contributed by atoms with Crippen LogP contribution in [0.4, 0.5) is 0 Å². The van der Waals surface area contributed by atoms with Crippen LogP contribution in [0.15, 0.2) is 17.1 Å². The molecule has 0 aromatic heterocycles. The minimum absolute atomic E-state index is 0.0199. The molecular weight excluding hydrogens is 210 g/mol. The van der Waals surface area contributed by atoms with Gasteiger partial charge in [0, 0.05) is 5.56 Å². The van der Waals surface area contributed by atoms with Crippen LogP contribution in [0, 0.1) is 0 Å². The SMILES string of the molecule is O=C=NC1(c2ccc3c(c2O)OCO3)CC1. The zero-order chi connectivity index (χ0) is 11.2. The second kappa shape index (κ2) is 3.00. The lowest BCUT2D eigenvalue weighted by atomic mass is 10.0. The number of phenolic OH excluding ortho intramolecular Hbond substituents is 1. The predicted molar refractivity (Wildman–Crippen MR) is 53.3 cm³/mol. The molecule has 1 fully saturated rings. The topological polar surface area (TPSA) is 68.1 Å². The van der Waals surface area contributed by atoms with E-state index < -0.39 is 5.54 Å². The molecule has 1 saturated carbocycles. The van der Waals surface area contributed by atoms with E-state index in [4.69, 9.17) is 9.47 Å². The number of fused-ring (bicyclic) bond motifs is 1. The van der Waals surface area contributed by atoms with Crippen LogP contribution in [0.3, 0.4) is 0 Å². The molecule has 16 heavy (non-hydrogen) atoms. The first-order valence-electron chi connectivity index (χ1n) is 4.98. The number of carbonyl (C=O) groups excluding carboxylic acids is 1. The van der Waals surface area contributed by atoms with Gasteiger partial charge >= 0.3 is 0 Å². The van der Waals surface area contributed by atoms with Gasteiger partial charge < -0.3 is 14.6 Å². The number of rotatable bonds is 2. The number of hydrogen-bond acceptors (Lipinski definition) is 5. The van der Waals surface area contributed by atoms with Crippen LogP contribution >= 0.6 is 0 Å². The Morgan fingerprint density at radius 3 is 2.88 bits per heavy atom. The van der Waals surface area contributed by atoms with Crippen molar-refractivity contribution in [1.82, 2.24) is 0 Å². The number of aromatic hydroxyl groups is 1. The van der Waals surface area contributed by atoms with Crippen molar-refractivity contribution in [3.8, 4) is 17.2 Å². The van der Waals surface area contributed by atoms with Gasteiger partial charge in [0.15, 0.2) is 11.5 Å². The van der Waals surface area contributed by atoms with Crippen LogP contribution in [0.1, 0.15) is 18.4 Å². The first-order chi connectivity index (χ1) is 7.77. The molecule has 0 spiro atoms. The fourth-order valence-corrected chi connectivity index (χ4v) is 1.98. The summed E-state index contributed by atoms with van der Waals surface area (Å²) in [5.41, 5.74) is 0.0207. The van der Waals surface area contributed by atoms with Crippen LogP contribution in [0.25, 0.3) is 0 Å². The van der Waals surface area contributed by atoms with E-state index >= 15 is 0 Å². The molecule has 82 valence electrons. The van der Waals surface area contributed by atoms with Gasteiger partial charge in [0.05, 0.1) is 0 Å². The molecule has 0 saturated heterocycles. The van der Waals surface area contributed by atoms with Crippen molar-refractivity contribution in [3.63, 3.8) is 0 Å². The van der Waals surface area contributed by atoms with Crippen LogP contribution in [-0.4, -0.2) is 18.0 Å². The highest BCUT2D eigenvalue weighted by molar-refractivity contribution is 5.59. The number of aliphatic imine (C=N–C) groups is 1. The van der Waals surface area contributed by atoms with Gasteiger partial charge in [-0.3, -0.25) is 0 Å². The molecule has 1 N–H and O–H groups in total. The van der Waals surface area contributed by atoms with E-state index in [9.17, 15) is 9.90 Å². The molecule has 5 heteroatoms. The maximum Gasteiger partial charge on any atom is 0.235 e. The Morgan fingerprint density at radius 1 is 1.38 bits per heavy atom. The first kappa shape index (κ1) is 9.24. The average Bonchev–Trinajstić information content (AvgIpc) is 2.89. The van der Waals surface area contributed by atoms with Crippen molar-refractivity contribution in [2.24, 2.45) is 4.99 Å². The third kappa shape index (κ3) is 1.12. The van der Waals surface area contributed by atoms with Crippen LogP contribution in [-0.2, 0) is 10.3 Å². The van der Waals surface area contributed by atoms with Crippen molar-refractivity contribution < 1.29 is 19.4 Å². The van der Waals surface area contributed by atoms with Crippen LogP contribution in [0.5, 0.6) is 17.2 Å². The summed E-state index contributed by atoms with van der Waals surface area (Å²) in [6.07, 6.45) is 3.05.